The van der Waals surface area contributed by atoms with Crippen molar-refractivity contribution in [3.63, 3.8) is 0 Å². The van der Waals surface area contributed by atoms with Gasteiger partial charge in [-0.2, -0.15) is 0 Å². The zero-order valence-electron chi connectivity index (χ0n) is 17.3. The Kier molecular flexibility index (Phi) is 5.54. The zero-order chi connectivity index (χ0) is 20.4. The fourth-order valence-corrected chi connectivity index (χ4v) is 4.68. The number of ether oxygens (including phenoxy) is 1. The van der Waals surface area contributed by atoms with Crippen molar-refractivity contribution in [2.75, 3.05) is 31.4 Å². The number of fused-ring (bicyclic) bond motifs is 1. The largest absolute Gasteiger partial charge is 0.497 e. The Balaban J connectivity index is 1.76. The summed E-state index contributed by atoms with van der Waals surface area (Å²) in [5.41, 5.74) is 7.19. The van der Waals surface area contributed by atoms with Gasteiger partial charge >= 0.3 is 0 Å². The summed E-state index contributed by atoms with van der Waals surface area (Å²) in [5.74, 6) is 0.865. The van der Waals surface area contributed by atoms with Crippen LogP contribution in [0, 0.1) is 6.92 Å². The molecule has 1 heterocycles. The Labute approximate surface area is 177 Å². The van der Waals surface area contributed by atoms with Gasteiger partial charge in [0.05, 0.1) is 18.0 Å². The molecule has 1 atom stereocenters. The number of hydrogen-bond donors (Lipinski definition) is 1. The fraction of sp³-hybridized carbons (Fsp3) is 0.200. The van der Waals surface area contributed by atoms with E-state index in [1.165, 1.54) is 21.7 Å². The number of nitrogens with one attached hydrogen (secondary N) is 1. The molecular weight excluding hydrogens is 376 g/mol. The Morgan fingerprint density at radius 1 is 0.931 bits per heavy atom. The van der Waals surface area contributed by atoms with E-state index >= 15 is 0 Å². The van der Waals surface area contributed by atoms with Crippen LogP contribution < -0.4 is 15.0 Å². The number of benzene rings is 3. The van der Waals surface area contributed by atoms with E-state index in [-0.39, 0.29) is 5.25 Å². The molecule has 4 rings (SSSR count). The van der Waals surface area contributed by atoms with E-state index in [0.29, 0.717) is 0 Å². The van der Waals surface area contributed by atoms with Crippen LogP contribution in [0.2, 0.25) is 0 Å². The molecule has 1 aliphatic rings. The molecule has 29 heavy (non-hydrogen) atoms. The highest BCUT2D eigenvalue weighted by atomic mass is 32.2. The van der Waals surface area contributed by atoms with E-state index in [9.17, 15) is 0 Å². The number of anilines is 2. The highest BCUT2D eigenvalue weighted by Gasteiger charge is 2.20. The van der Waals surface area contributed by atoms with Crippen molar-refractivity contribution in [3.8, 4) is 5.75 Å². The monoisotopic (exact) mass is 402 g/mol. The lowest BCUT2D eigenvalue weighted by atomic mass is 10.1. The van der Waals surface area contributed by atoms with Crippen LogP contribution in [0.1, 0.15) is 21.9 Å². The Morgan fingerprint density at radius 2 is 1.66 bits per heavy atom. The van der Waals surface area contributed by atoms with Crippen molar-refractivity contribution in [2.45, 2.75) is 17.1 Å². The van der Waals surface area contributed by atoms with E-state index in [1.807, 2.05) is 23.9 Å². The molecule has 0 radical (unpaired) electrons. The second-order valence-electron chi connectivity index (χ2n) is 7.46. The molecule has 4 heteroatoms. The molecule has 3 aromatic rings. The molecule has 0 saturated carbocycles. The summed E-state index contributed by atoms with van der Waals surface area (Å²) in [6, 6.07) is 23.7. The van der Waals surface area contributed by atoms with Crippen molar-refractivity contribution in [2.24, 2.45) is 0 Å². The van der Waals surface area contributed by atoms with Crippen LogP contribution in [-0.2, 0) is 0 Å². The number of hydrogen-bond acceptors (Lipinski definition) is 4. The van der Waals surface area contributed by atoms with Crippen LogP contribution in [0.3, 0.4) is 0 Å². The summed E-state index contributed by atoms with van der Waals surface area (Å²) in [4.78, 5) is 3.40. The van der Waals surface area contributed by atoms with Gasteiger partial charge in [0, 0.05) is 30.4 Å². The van der Waals surface area contributed by atoms with Gasteiger partial charge in [0.1, 0.15) is 5.75 Å². The predicted octanol–water partition coefficient (Wildman–Crippen LogP) is 6.37. The molecule has 3 aromatic carbocycles. The summed E-state index contributed by atoms with van der Waals surface area (Å²) >= 11 is 1.89. The molecule has 148 valence electrons. The average molecular weight is 403 g/mol. The van der Waals surface area contributed by atoms with Crippen LogP contribution in [0.15, 0.2) is 77.7 Å². The number of methoxy groups -OCH3 is 1. The minimum atomic E-state index is 0.221. The zero-order valence-corrected chi connectivity index (χ0v) is 18.1. The molecule has 3 nitrogen and oxygen atoms in total. The van der Waals surface area contributed by atoms with Gasteiger partial charge in [0.2, 0.25) is 0 Å². The summed E-state index contributed by atoms with van der Waals surface area (Å²) in [5, 5.41) is 3.88. The van der Waals surface area contributed by atoms with Gasteiger partial charge in [-0.15, -0.1) is 11.8 Å². The summed E-state index contributed by atoms with van der Waals surface area (Å²) in [6.45, 7) is 2.14. The first kappa shape index (κ1) is 19.5. The number of rotatable bonds is 4. The summed E-state index contributed by atoms with van der Waals surface area (Å²) < 4.78 is 5.32. The molecule has 0 saturated heterocycles. The Hall–Kier alpha value is -2.85. The standard InChI is InChI=1S/C25H26N2OS/c1-17-5-14-22-25(15-17)29-24(19-6-10-20(11-7-19)27(2)3)16-23(26-22)18-8-12-21(28-4)13-9-18/h5-16,24,26H,1-4H3/t24-/m1/s1. The third-order valence-electron chi connectivity index (χ3n) is 5.12. The first-order valence-electron chi connectivity index (χ1n) is 9.71. The van der Waals surface area contributed by atoms with Gasteiger partial charge in [0.15, 0.2) is 0 Å². The molecule has 0 aliphatic carbocycles. The second kappa shape index (κ2) is 8.26. The van der Waals surface area contributed by atoms with E-state index in [0.717, 1.165) is 22.7 Å². The molecule has 0 spiro atoms. The van der Waals surface area contributed by atoms with Gasteiger partial charge < -0.3 is 15.0 Å². The fourth-order valence-electron chi connectivity index (χ4n) is 3.40. The maximum Gasteiger partial charge on any atom is 0.118 e. The molecule has 0 unspecified atom stereocenters. The third kappa shape index (κ3) is 4.28. The van der Waals surface area contributed by atoms with Crippen LogP contribution in [0.5, 0.6) is 5.75 Å². The first-order valence-corrected chi connectivity index (χ1v) is 10.6. The maximum absolute atomic E-state index is 5.32. The number of thioether (sulfide) groups is 1. The highest BCUT2D eigenvalue weighted by molar-refractivity contribution is 7.99. The van der Waals surface area contributed by atoms with E-state index < -0.39 is 0 Å². The van der Waals surface area contributed by atoms with E-state index in [2.05, 4.69) is 91.9 Å². The summed E-state index contributed by atoms with van der Waals surface area (Å²) in [6.07, 6.45) is 2.33. The normalized spacial score (nSPS) is 15.6. The van der Waals surface area contributed by atoms with Crippen LogP contribution in [-0.4, -0.2) is 21.2 Å². The third-order valence-corrected chi connectivity index (χ3v) is 6.37. The average Bonchev–Trinajstić information content (AvgIpc) is 2.93. The van der Waals surface area contributed by atoms with Crippen molar-refractivity contribution in [1.82, 2.24) is 0 Å². The highest BCUT2D eigenvalue weighted by Crippen LogP contribution is 2.45. The lowest BCUT2D eigenvalue weighted by molar-refractivity contribution is 0.415. The van der Waals surface area contributed by atoms with Crippen molar-refractivity contribution in [3.05, 3.63) is 89.5 Å². The van der Waals surface area contributed by atoms with Crippen LogP contribution >= 0.6 is 11.8 Å². The maximum atomic E-state index is 5.32. The number of nitrogens with zero attached hydrogens (tertiary/aromatic N) is 1. The van der Waals surface area contributed by atoms with Gasteiger partial charge in [-0.3, -0.25) is 0 Å². The lowest BCUT2D eigenvalue weighted by Crippen LogP contribution is -2.08. The molecule has 0 amide bonds. The smallest absolute Gasteiger partial charge is 0.118 e. The predicted molar refractivity (Wildman–Crippen MR) is 125 cm³/mol. The Bertz CT molecular complexity index is 1020. The van der Waals surface area contributed by atoms with Crippen molar-refractivity contribution in [1.29, 1.82) is 0 Å². The van der Waals surface area contributed by atoms with Gasteiger partial charge in [-0.05, 0) is 78.2 Å². The lowest BCUT2D eigenvalue weighted by Gasteiger charge is -2.16. The van der Waals surface area contributed by atoms with Gasteiger partial charge in [-0.25, -0.2) is 0 Å². The van der Waals surface area contributed by atoms with E-state index in [1.54, 1.807) is 7.11 Å². The van der Waals surface area contributed by atoms with Crippen LogP contribution in [0.4, 0.5) is 11.4 Å². The molecule has 1 aliphatic heterocycles. The molecule has 1 N–H and O–H groups in total. The van der Waals surface area contributed by atoms with Gasteiger partial charge in [-0.1, -0.05) is 18.2 Å². The topological polar surface area (TPSA) is 24.5 Å². The second-order valence-corrected chi connectivity index (χ2v) is 8.64. The summed E-state index contributed by atoms with van der Waals surface area (Å²) in [7, 11) is 5.83. The number of aryl methyl sites for hydroxylation is 1. The molecule has 0 bridgehead atoms. The SMILES string of the molecule is COc1ccc(C2=C[C@H](c3ccc(N(C)C)cc3)Sc3cc(C)ccc3N2)cc1. The molecule has 0 fully saturated rings. The van der Waals surface area contributed by atoms with Crippen molar-refractivity contribution >= 4 is 28.8 Å². The minimum Gasteiger partial charge on any atom is -0.497 e. The quantitative estimate of drug-likeness (QED) is 0.548. The van der Waals surface area contributed by atoms with E-state index in [4.69, 9.17) is 4.74 Å². The van der Waals surface area contributed by atoms with Gasteiger partial charge in [0.25, 0.3) is 0 Å². The first-order chi connectivity index (χ1) is 14.0. The van der Waals surface area contributed by atoms with Crippen molar-refractivity contribution < 1.29 is 4.74 Å². The van der Waals surface area contributed by atoms with Crippen LogP contribution in [0.25, 0.3) is 5.70 Å². The molecule has 0 aromatic heterocycles. The Morgan fingerprint density at radius 3 is 2.31 bits per heavy atom. The molecular formula is C25H26N2OS. The minimum absolute atomic E-state index is 0.221.